The Bertz CT molecular complexity index is 501. The number of pyridine rings is 1. The fourth-order valence-corrected chi connectivity index (χ4v) is 2.79. The maximum absolute atomic E-state index is 12.7. The van der Waals surface area contributed by atoms with Crippen molar-refractivity contribution >= 4 is 5.91 Å². The van der Waals surface area contributed by atoms with Gasteiger partial charge in [-0.1, -0.05) is 32.8 Å². The van der Waals surface area contributed by atoms with Gasteiger partial charge in [-0.3, -0.25) is 9.59 Å². The van der Waals surface area contributed by atoms with Crippen molar-refractivity contribution in [3.05, 3.63) is 34.2 Å². The van der Waals surface area contributed by atoms with Crippen LogP contribution in [0, 0.1) is 5.92 Å². The standard InChI is InChI=1S/C16H24N2O2/c1-12(2)10-11-18(13-6-3-4-7-13)16(20)14-8-5-9-15(19)17-14/h5,8-9,12-13H,3-4,6-7,10-11H2,1-2H3,(H,17,19). The van der Waals surface area contributed by atoms with Crippen LogP contribution in [0.25, 0.3) is 0 Å². The molecule has 1 fully saturated rings. The SMILES string of the molecule is CC(C)CCN(C(=O)c1cccc(=O)[nH]1)C1CCCC1. The van der Waals surface area contributed by atoms with Crippen LogP contribution in [0.3, 0.4) is 0 Å². The smallest absolute Gasteiger partial charge is 0.270 e. The largest absolute Gasteiger partial charge is 0.334 e. The van der Waals surface area contributed by atoms with E-state index < -0.39 is 0 Å². The van der Waals surface area contributed by atoms with Gasteiger partial charge in [0.1, 0.15) is 5.69 Å². The van der Waals surface area contributed by atoms with Crippen molar-refractivity contribution < 1.29 is 4.79 Å². The van der Waals surface area contributed by atoms with Crippen molar-refractivity contribution in [3.8, 4) is 0 Å². The first-order valence-electron chi connectivity index (χ1n) is 7.58. The van der Waals surface area contributed by atoms with Gasteiger partial charge in [-0.2, -0.15) is 0 Å². The molecular formula is C16H24N2O2. The maximum Gasteiger partial charge on any atom is 0.270 e. The molecule has 0 bridgehead atoms. The molecule has 0 aliphatic heterocycles. The van der Waals surface area contributed by atoms with Gasteiger partial charge in [-0.05, 0) is 31.2 Å². The maximum atomic E-state index is 12.7. The normalized spacial score (nSPS) is 15.8. The van der Waals surface area contributed by atoms with Crippen molar-refractivity contribution in [2.75, 3.05) is 6.54 Å². The van der Waals surface area contributed by atoms with E-state index in [-0.39, 0.29) is 11.5 Å². The Kier molecular flexibility index (Phi) is 4.99. The first-order chi connectivity index (χ1) is 9.58. The average molecular weight is 276 g/mol. The minimum absolute atomic E-state index is 0.0322. The number of H-pyrrole nitrogens is 1. The van der Waals surface area contributed by atoms with Gasteiger partial charge < -0.3 is 9.88 Å². The number of amides is 1. The molecule has 110 valence electrons. The number of nitrogens with zero attached hydrogens (tertiary/aromatic N) is 1. The molecule has 1 aromatic heterocycles. The van der Waals surface area contributed by atoms with Crippen molar-refractivity contribution in [2.45, 2.75) is 52.0 Å². The molecule has 0 atom stereocenters. The molecule has 1 amide bonds. The third-order valence-electron chi connectivity index (χ3n) is 3.97. The predicted octanol–water partition coefficient (Wildman–Crippen LogP) is 2.81. The highest BCUT2D eigenvalue weighted by Crippen LogP contribution is 2.25. The second kappa shape index (κ2) is 6.73. The zero-order chi connectivity index (χ0) is 14.5. The molecule has 1 aromatic rings. The Labute approximate surface area is 120 Å². The minimum Gasteiger partial charge on any atom is -0.334 e. The van der Waals surface area contributed by atoms with Gasteiger partial charge in [-0.25, -0.2) is 0 Å². The Morgan fingerprint density at radius 2 is 2.05 bits per heavy atom. The summed E-state index contributed by atoms with van der Waals surface area (Å²) in [6.45, 7) is 5.11. The van der Waals surface area contributed by atoms with Crippen LogP contribution in [0.15, 0.2) is 23.0 Å². The summed E-state index contributed by atoms with van der Waals surface area (Å²) in [6.07, 6.45) is 5.56. The van der Waals surface area contributed by atoms with Crippen LogP contribution in [0.5, 0.6) is 0 Å². The molecule has 0 aromatic carbocycles. The topological polar surface area (TPSA) is 53.2 Å². The fourth-order valence-electron chi connectivity index (χ4n) is 2.79. The highest BCUT2D eigenvalue weighted by atomic mass is 16.2. The van der Waals surface area contributed by atoms with Crippen molar-refractivity contribution in [2.24, 2.45) is 5.92 Å². The van der Waals surface area contributed by atoms with Crippen LogP contribution in [-0.2, 0) is 0 Å². The second-order valence-electron chi connectivity index (χ2n) is 6.05. The lowest BCUT2D eigenvalue weighted by Crippen LogP contribution is -2.40. The van der Waals surface area contributed by atoms with Crippen LogP contribution < -0.4 is 5.56 Å². The zero-order valence-electron chi connectivity index (χ0n) is 12.4. The van der Waals surface area contributed by atoms with E-state index in [0.29, 0.717) is 17.7 Å². The molecule has 0 spiro atoms. The van der Waals surface area contributed by atoms with Gasteiger partial charge in [-0.15, -0.1) is 0 Å². The van der Waals surface area contributed by atoms with E-state index in [1.165, 1.54) is 18.9 Å². The van der Waals surface area contributed by atoms with Crippen LogP contribution in [0.2, 0.25) is 0 Å². The first kappa shape index (κ1) is 14.8. The van der Waals surface area contributed by atoms with Crippen molar-refractivity contribution in [1.29, 1.82) is 0 Å². The zero-order valence-corrected chi connectivity index (χ0v) is 12.4. The summed E-state index contributed by atoms with van der Waals surface area (Å²) in [7, 11) is 0. The van der Waals surface area contributed by atoms with E-state index in [1.807, 2.05) is 4.90 Å². The highest BCUT2D eigenvalue weighted by Gasteiger charge is 2.27. The van der Waals surface area contributed by atoms with E-state index >= 15 is 0 Å². The van der Waals surface area contributed by atoms with Crippen molar-refractivity contribution in [1.82, 2.24) is 9.88 Å². The van der Waals surface area contributed by atoms with Gasteiger partial charge in [0.05, 0.1) is 0 Å². The number of hydrogen-bond acceptors (Lipinski definition) is 2. The fraction of sp³-hybridized carbons (Fsp3) is 0.625. The second-order valence-corrected chi connectivity index (χ2v) is 6.05. The predicted molar refractivity (Wildman–Crippen MR) is 79.8 cm³/mol. The molecule has 4 heteroatoms. The summed E-state index contributed by atoms with van der Waals surface area (Å²) < 4.78 is 0. The number of carbonyl (C=O) groups excluding carboxylic acids is 1. The molecule has 4 nitrogen and oxygen atoms in total. The third kappa shape index (κ3) is 3.71. The number of aromatic nitrogens is 1. The Hall–Kier alpha value is -1.58. The monoisotopic (exact) mass is 276 g/mol. The molecule has 1 aliphatic rings. The lowest BCUT2D eigenvalue weighted by atomic mass is 10.1. The Morgan fingerprint density at radius 1 is 1.35 bits per heavy atom. The van der Waals surface area contributed by atoms with Crippen LogP contribution in [-0.4, -0.2) is 28.4 Å². The number of carbonyl (C=O) groups is 1. The quantitative estimate of drug-likeness (QED) is 0.899. The first-order valence-corrected chi connectivity index (χ1v) is 7.58. The molecule has 1 saturated carbocycles. The molecule has 0 radical (unpaired) electrons. The van der Waals surface area contributed by atoms with Crippen LogP contribution in [0.4, 0.5) is 0 Å². The molecule has 0 saturated heterocycles. The summed E-state index contributed by atoms with van der Waals surface area (Å²) in [6, 6.07) is 5.11. The third-order valence-corrected chi connectivity index (χ3v) is 3.97. The van der Waals surface area contributed by atoms with Gasteiger partial charge in [0.2, 0.25) is 5.56 Å². The summed E-state index contributed by atoms with van der Waals surface area (Å²) in [5, 5.41) is 0. The molecule has 1 heterocycles. The van der Waals surface area contributed by atoms with E-state index in [0.717, 1.165) is 25.8 Å². The van der Waals surface area contributed by atoms with E-state index in [4.69, 9.17) is 0 Å². The number of nitrogens with one attached hydrogen (secondary N) is 1. The Morgan fingerprint density at radius 3 is 2.65 bits per heavy atom. The van der Waals surface area contributed by atoms with Gasteiger partial charge in [0.15, 0.2) is 0 Å². The van der Waals surface area contributed by atoms with Crippen LogP contribution >= 0.6 is 0 Å². The lowest BCUT2D eigenvalue weighted by Gasteiger charge is -2.29. The molecule has 0 unspecified atom stereocenters. The summed E-state index contributed by atoms with van der Waals surface area (Å²) in [5.41, 5.74) is 0.194. The summed E-state index contributed by atoms with van der Waals surface area (Å²) >= 11 is 0. The van der Waals surface area contributed by atoms with E-state index in [2.05, 4.69) is 18.8 Å². The summed E-state index contributed by atoms with van der Waals surface area (Å²) in [4.78, 5) is 28.7. The van der Waals surface area contributed by atoms with Crippen LogP contribution in [0.1, 0.15) is 56.4 Å². The molecule has 1 N–H and O–H groups in total. The number of aromatic amines is 1. The van der Waals surface area contributed by atoms with Gasteiger partial charge in [0.25, 0.3) is 5.91 Å². The Balaban J connectivity index is 2.16. The highest BCUT2D eigenvalue weighted by molar-refractivity contribution is 5.92. The average Bonchev–Trinajstić information content (AvgIpc) is 2.92. The molecule has 20 heavy (non-hydrogen) atoms. The van der Waals surface area contributed by atoms with Gasteiger partial charge >= 0.3 is 0 Å². The van der Waals surface area contributed by atoms with E-state index in [1.54, 1.807) is 12.1 Å². The minimum atomic E-state index is -0.217. The van der Waals surface area contributed by atoms with E-state index in [9.17, 15) is 9.59 Å². The summed E-state index contributed by atoms with van der Waals surface area (Å²) in [5.74, 6) is 0.539. The number of rotatable bonds is 5. The van der Waals surface area contributed by atoms with Crippen molar-refractivity contribution in [3.63, 3.8) is 0 Å². The number of hydrogen-bond donors (Lipinski definition) is 1. The molecule has 1 aliphatic carbocycles. The van der Waals surface area contributed by atoms with Gasteiger partial charge in [0, 0.05) is 18.7 Å². The molecular weight excluding hydrogens is 252 g/mol. The molecule has 2 rings (SSSR count). The lowest BCUT2D eigenvalue weighted by molar-refractivity contribution is 0.0665.